The number of morpholine rings is 1. The van der Waals surface area contributed by atoms with Gasteiger partial charge in [0.05, 0.1) is 13.2 Å². The minimum atomic E-state index is 0.308. The van der Waals surface area contributed by atoms with Crippen molar-refractivity contribution < 1.29 is 9.53 Å². The van der Waals surface area contributed by atoms with E-state index in [0.29, 0.717) is 25.5 Å². The van der Waals surface area contributed by atoms with Crippen molar-refractivity contribution in [1.82, 2.24) is 15.1 Å². The van der Waals surface area contributed by atoms with Gasteiger partial charge < -0.3 is 19.9 Å². The maximum absolute atomic E-state index is 12.1. The molecule has 2 heterocycles. The first kappa shape index (κ1) is 16.7. The second-order valence-corrected chi connectivity index (χ2v) is 6.27. The highest BCUT2D eigenvalue weighted by Gasteiger charge is 2.20. The SMILES string of the molecule is CNCCC1CCN(CCCC(=O)N2CCOCC2)CC1. The number of carbonyl (C=O) groups excluding carboxylic acids is 1. The minimum absolute atomic E-state index is 0.308. The highest BCUT2D eigenvalue weighted by molar-refractivity contribution is 5.76. The molecule has 0 atom stereocenters. The lowest BCUT2D eigenvalue weighted by atomic mass is 9.93. The molecule has 5 nitrogen and oxygen atoms in total. The van der Waals surface area contributed by atoms with Gasteiger partial charge in [0.1, 0.15) is 0 Å². The van der Waals surface area contributed by atoms with Crippen LogP contribution in [0.3, 0.4) is 0 Å². The summed E-state index contributed by atoms with van der Waals surface area (Å²) in [6.07, 6.45) is 5.63. The van der Waals surface area contributed by atoms with E-state index >= 15 is 0 Å². The summed E-state index contributed by atoms with van der Waals surface area (Å²) in [5.41, 5.74) is 0. The molecule has 122 valence electrons. The lowest BCUT2D eigenvalue weighted by Crippen LogP contribution is -2.41. The summed E-state index contributed by atoms with van der Waals surface area (Å²) >= 11 is 0. The van der Waals surface area contributed by atoms with E-state index in [0.717, 1.165) is 38.5 Å². The van der Waals surface area contributed by atoms with Crippen LogP contribution < -0.4 is 5.32 Å². The predicted octanol–water partition coefficient (Wildman–Crippen LogP) is 0.947. The number of hydrogen-bond donors (Lipinski definition) is 1. The number of piperidine rings is 1. The number of nitrogens with one attached hydrogen (secondary N) is 1. The lowest BCUT2D eigenvalue weighted by Gasteiger charge is -2.32. The molecule has 0 spiro atoms. The maximum atomic E-state index is 12.1. The van der Waals surface area contributed by atoms with Crippen molar-refractivity contribution in [2.24, 2.45) is 5.92 Å². The fourth-order valence-corrected chi connectivity index (χ4v) is 3.27. The Morgan fingerprint density at radius 1 is 1.19 bits per heavy atom. The molecule has 5 heteroatoms. The molecule has 0 bridgehead atoms. The number of carbonyl (C=O) groups is 1. The smallest absolute Gasteiger partial charge is 0.222 e. The molecule has 0 saturated carbocycles. The molecule has 0 unspecified atom stereocenters. The van der Waals surface area contributed by atoms with Crippen molar-refractivity contribution in [1.29, 1.82) is 0 Å². The highest BCUT2D eigenvalue weighted by Crippen LogP contribution is 2.20. The number of hydrogen-bond acceptors (Lipinski definition) is 4. The van der Waals surface area contributed by atoms with Crippen LogP contribution in [0.5, 0.6) is 0 Å². The molecular formula is C16H31N3O2. The Kier molecular flexibility index (Phi) is 7.47. The van der Waals surface area contributed by atoms with E-state index in [4.69, 9.17) is 4.74 Å². The van der Waals surface area contributed by atoms with Gasteiger partial charge in [0.2, 0.25) is 5.91 Å². The van der Waals surface area contributed by atoms with E-state index in [1.165, 1.54) is 32.4 Å². The normalized spacial score (nSPS) is 21.7. The Bertz CT molecular complexity index is 298. The van der Waals surface area contributed by atoms with Crippen LogP contribution in [0, 0.1) is 5.92 Å². The molecule has 0 aromatic carbocycles. The molecule has 1 N–H and O–H groups in total. The van der Waals surface area contributed by atoms with Gasteiger partial charge in [-0.15, -0.1) is 0 Å². The molecule has 2 rings (SSSR count). The van der Waals surface area contributed by atoms with Gasteiger partial charge in [-0.1, -0.05) is 0 Å². The number of rotatable bonds is 7. The van der Waals surface area contributed by atoms with Crippen LogP contribution >= 0.6 is 0 Å². The molecule has 21 heavy (non-hydrogen) atoms. The molecule has 2 fully saturated rings. The standard InChI is InChI=1S/C16H31N3O2/c1-17-7-4-15-5-9-18(10-6-15)8-2-3-16(20)19-11-13-21-14-12-19/h15,17H,2-14H2,1H3. The first-order chi connectivity index (χ1) is 10.3. The molecule has 2 aliphatic heterocycles. The van der Waals surface area contributed by atoms with Crippen molar-refractivity contribution >= 4 is 5.91 Å². The molecule has 2 saturated heterocycles. The zero-order valence-corrected chi connectivity index (χ0v) is 13.5. The first-order valence-electron chi connectivity index (χ1n) is 8.52. The van der Waals surface area contributed by atoms with E-state index in [9.17, 15) is 4.79 Å². The van der Waals surface area contributed by atoms with Crippen LogP contribution in [0.1, 0.15) is 32.1 Å². The van der Waals surface area contributed by atoms with Crippen molar-refractivity contribution in [3.63, 3.8) is 0 Å². The fraction of sp³-hybridized carbons (Fsp3) is 0.938. The molecule has 1 amide bonds. The Labute approximate surface area is 129 Å². The van der Waals surface area contributed by atoms with Gasteiger partial charge in [0.15, 0.2) is 0 Å². The number of likely N-dealkylation sites (tertiary alicyclic amines) is 1. The second kappa shape index (κ2) is 9.38. The minimum Gasteiger partial charge on any atom is -0.378 e. The second-order valence-electron chi connectivity index (χ2n) is 6.27. The van der Waals surface area contributed by atoms with Gasteiger partial charge in [-0.25, -0.2) is 0 Å². The fourth-order valence-electron chi connectivity index (χ4n) is 3.27. The largest absolute Gasteiger partial charge is 0.378 e. The quantitative estimate of drug-likeness (QED) is 0.760. The van der Waals surface area contributed by atoms with E-state index in [2.05, 4.69) is 10.2 Å². The summed E-state index contributed by atoms with van der Waals surface area (Å²) in [7, 11) is 2.03. The zero-order valence-electron chi connectivity index (χ0n) is 13.5. The Hall–Kier alpha value is -0.650. The molecule has 0 radical (unpaired) electrons. The van der Waals surface area contributed by atoms with E-state index in [-0.39, 0.29) is 0 Å². The van der Waals surface area contributed by atoms with E-state index in [1.54, 1.807) is 0 Å². The van der Waals surface area contributed by atoms with Crippen LogP contribution in [-0.2, 0) is 9.53 Å². The maximum Gasteiger partial charge on any atom is 0.222 e. The number of nitrogens with zero attached hydrogens (tertiary/aromatic N) is 2. The van der Waals surface area contributed by atoms with Crippen LogP contribution in [0.15, 0.2) is 0 Å². The highest BCUT2D eigenvalue weighted by atomic mass is 16.5. The summed E-state index contributed by atoms with van der Waals surface area (Å²) in [4.78, 5) is 16.5. The Morgan fingerprint density at radius 3 is 2.57 bits per heavy atom. The average molecular weight is 297 g/mol. The molecular weight excluding hydrogens is 266 g/mol. The van der Waals surface area contributed by atoms with E-state index in [1.807, 2.05) is 11.9 Å². The third-order valence-electron chi connectivity index (χ3n) is 4.74. The van der Waals surface area contributed by atoms with Crippen LogP contribution in [0.25, 0.3) is 0 Å². The van der Waals surface area contributed by atoms with Gasteiger partial charge in [0, 0.05) is 19.5 Å². The summed E-state index contributed by atoms with van der Waals surface area (Å²) in [5.74, 6) is 1.20. The van der Waals surface area contributed by atoms with Crippen molar-refractivity contribution in [3.8, 4) is 0 Å². The topological polar surface area (TPSA) is 44.8 Å². The van der Waals surface area contributed by atoms with Crippen LogP contribution in [-0.4, -0.2) is 75.2 Å². The summed E-state index contributed by atoms with van der Waals surface area (Å²) in [6.45, 7) is 7.58. The number of amides is 1. The third kappa shape index (κ3) is 5.93. The number of ether oxygens (including phenoxy) is 1. The summed E-state index contributed by atoms with van der Waals surface area (Å²) < 4.78 is 5.28. The summed E-state index contributed by atoms with van der Waals surface area (Å²) in [5, 5.41) is 3.24. The van der Waals surface area contributed by atoms with Crippen molar-refractivity contribution in [2.75, 3.05) is 59.5 Å². The third-order valence-corrected chi connectivity index (χ3v) is 4.74. The van der Waals surface area contributed by atoms with E-state index < -0.39 is 0 Å². The Balaban J connectivity index is 1.54. The molecule has 2 aliphatic rings. The molecule has 0 aromatic heterocycles. The van der Waals surface area contributed by atoms with Crippen molar-refractivity contribution in [3.05, 3.63) is 0 Å². The van der Waals surface area contributed by atoms with Gasteiger partial charge in [0.25, 0.3) is 0 Å². The predicted molar refractivity (Wildman–Crippen MR) is 84.3 cm³/mol. The lowest BCUT2D eigenvalue weighted by molar-refractivity contribution is -0.135. The van der Waals surface area contributed by atoms with Gasteiger partial charge >= 0.3 is 0 Å². The Morgan fingerprint density at radius 2 is 1.90 bits per heavy atom. The van der Waals surface area contributed by atoms with Gasteiger partial charge in [-0.3, -0.25) is 4.79 Å². The van der Waals surface area contributed by atoms with Crippen LogP contribution in [0.4, 0.5) is 0 Å². The molecule has 0 aromatic rings. The average Bonchev–Trinajstić information content (AvgIpc) is 2.55. The van der Waals surface area contributed by atoms with Gasteiger partial charge in [-0.05, 0) is 64.8 Å². The van der Waals surface area contributed by atoms with Crippen molar-refractivity contribution in [2.45, 2.75) is 32.1 Å². The molecule has 0 aliphatic carbocycles. The first-order valence-corrected chi connectivity index (χ1v) is 8.52. The van der Waals surface area contributed by atoms with Crippen LogP contribution in [0.2, 0.25) is 0 Å². The monoisotopic (exact) mass is 297 g/mol. The van der Waals surface area contributed by atoms with Gasteiger partial charge in [-0.2, -0.15) is 0 Å². The summed E-state index contributed by atoms with van der Waals surface area (Å²) in [6, 6.07) is 0. The zero-order chi connectivity index (χ0) is 14.9.